The van der Waals surface area contributed by atoms with Crippen molar-refractivity contribution in [1.82, 2.24) is 10.3 Å². The molecule has 0 radical (unpaired) electrons. The van der Waals surface area contributed by atoms with Gasteiger partial charge in [-0.3, -0.25) is 10.1 Å². The second kappa shape index (κ2) is 9.09. The van der Waals surface area contributed by atoms with Crippen LogP contribution in [0.4, 0.5) is 5.13 Å². The maximum atomic E-state index is 12.3. The fourth-order valence-electron chi connectivity index (χ4n) is 2.23. The lowest BCUT2D eigenvalue weighted by Crippen LogP contribution is -2.34. The van der Waals surface area contributed by atoms with Gasteiger partial charge in [0, 0.05) is 14.5 Å². The summed E-state index contributed by atoms with van der Waals surface area (Å²) < 4.78 is 6.95. The molecule has 0 aliphatic rings. The molecule has 2 aromatic carbocycles. The molecule has 1 heterocycles. The predicted octanol–water partition coefficient (Wildman–Crippen LogP) is 5.31. The number of anilines is 1. The van der Waals surface area contributed by atoms with E-state index < -0.39 is 0 Å². The van der Waals surface area contributed by atoms with Crippen molar-refractivity contribution in [1.29, 1.82) is 0 Å². The SMILES string of the molecule is COc1ccc(-c2csc(NC(=S)NC(=O)c3ccccc3I)n2)cc1Br. The van der Waals surface area contributed by atoms with Gasteiger partial charge in [0.25, 0.3) is 5.91 Å². The minimum Gasteiger partial charge on any atom is -0.496 e. The van der Waals surface area contributed by atoms with E-state index in [0.29, 0.717) is 10.7 Å². The van der Waals surface area contributed by atoms with Gasteiger partial charge < -0.3 is 10.1 Å². The van der Waals surface area contributed by atoms with Gasteiger partial charge in [-0.25, -0.2) is 4.98 Å². The number of carbonyl (C=O) groups is 1. The summed E-state index contributed by atoms with van der Waals surface area (Å²) in [5.74, 6) is 0.500. The predicted molar refractivity (Wildman–Crippen MR) is 125 cm³/mol. The third kappa shape index (κ3) is 5.03. The van der Waals surface area contributed by atoms with Crippen LogP contribution in [-0.4, -0.2) is 23.1 Å². The molecule has 2 N–H and O–H groups in total. The van der Waals surface area contributed by atoms with Gasteiger partial charge in [0.2, 0.25) is 0 Å². The van der Waals surface area contributed by atoms with Crippen LogP contribution in [0.3, 0.4) is 0 Å². The van der Waals surface area contributed by atoms with Crippen molar-refractivity contribution in [2.24, 2.45) is 0 Å². The number of ether oxygens (including phenoxy) is 1. The Bertz CT molecular complexity index is 1010. The van der Waals surface area contributed by atoms with Crippen LogP contribution >= 0.6 is 62.1 Å². The van der Waals surface area contributed by atoms with Crippen LogP contribution in [0.25, 0.3) is 11.3 Å². The Morgan fingerprint density at radius 1 is 1.30 bits per heavy atom. The van der Waals surface area contributed by atoms with Crippen molar-refractivity contribution < 1.29 is 9.53 Å². The highest BCUT2D eigenvalue weighted by molar-refractivity contribution is 14.1. The topological polar surface area (TPSA) is 63.2 Å². The molecule has 138 valence electrons. The van der Waals surface area contributed by atoms with Crippen molar-refractivity contribution in [3.63, 3.8) is 0 Å². The van der Waals surface area contributed by atoms with Gasteiger partial charge in [-0.2, -0.15) is 0 Å². The van der Waals surface area contributed by atoms with Crippen LogP contribution < -0.4 is 15.4 Å². The molecular formula is C18H13BrIN3O2S2. The Balaban J connectivity index is 1.67. The summed E-state index contributed by atoms with van der Waals surface area (Å²) >= 11 is 12.2. The van der Waals surface area contributed by atoms with E-state index in [4.69, 9.17) is 17.0 Å². The largest absolute Gasteiger partial charge is 0.496 e. The molecule has 0 saturated carbocycles. The minimum atomic E-state index is -0.256. The Morgan fingerprint density at radius 2 is 2.07 bits per heavy atom. The molecule has 0 unspecified atom stereocenters. The van der Waals surface area contributed by atoms with E-state index in [9.17, 15) is 4.79 Å². The van der Waals surface area contributed by atoms with E-state index in [1.165, 1.54) is 11.3 Å². The van der Waals surface area contributed by atoms with Crippen LogP contribution in [0, 0.1) is 3.57 Å². The molecule has 0 aliphatic carbocycles. The summed E-state index contributed by atoms with van der Waals surface area (Å²) in [4.78, 5) is 16.8. The number of aromatic nitrogens is 1. The molecule has 3 aromatic rings. The van der Waals surface area contributed by atoms with Gasteiger partial charge >= 0.3 is 0 Å². The molecule has 1 amide bonds. The third-order valence-corrected chi connectivity index (χ3v) is 6.04. The summed E-state index contributed by atoms with van der Waals surface area (Å²) in [6.45, 7) is 0. The van der Waals surface area contributed by atoms with E-state index in [2.05, 4.69) is 54.1 Å². The Kier molecular flexibility index (Phi) is 6.79. The lowest BCUT2D eigenvalue weighted by Gasteiger charge is -2.08. The maximum absolute atomic E-state index is 12.3. The molecule has 0 aliphatic heterocycles. The van der Waals surface area contributed by atoms with Gasteiger partial charge in [-0.1, -0.05) is 12.1 Å². The molecule has 5 nitrogen and oxygen atoms in total. The first kappa shape index (κ1) is 20.2. The molecule has 0 bridgehead atoms. The number of nitrogens with one attached hydrogen (secondary N) is 2. The van der Waals surface area contributed by atoms with Crippen LogP contribution in [0.5, 0.6) is 5.75 Å². The summed E-state index contributed by atoms with van der Waals surface area (Å²) in [7, 11) is 1.62. The minimum absolute atomic E-state index is 0.205. The average Bonchev–Trinajstić information content (AvgIpc) is 3.10. The van der Waals surface area contributed by atoms with Crippen molar-refractivity contribution in [2.45, 2.75) is 0 Å². The highest BCUT2D eigenvalue weighted by atomic mass is 127. The number of thiocarbonyl (C=S) groups is 1. The van der Waals surface area contributed by atoms with E-state index in [0.717, 1.165) is 25.0 Å². The summed E-state index contributed by atoms with van der Waals surface area (Å²) in [6.07, 6.45) is 0. The molecule has 3 rings (SSSR count). The van der Waals surface area contributed by atoms with Gasteiger partial charge in [0.05, 0.1) is 22.8 Å². The zero-order valence-corrected chi connectivity index (χ0v) is 19.3. The summed E-state index contributed by atoms with van der Waals surface area (Å²) in [5, 5.41) is 8.36. The second-order valence-corrected chi connectivity index (χ2v) is 8.56. The maximum Gasteiger partial charge on any atom is 0.258 e. The zero-order chi connectivity index (χ0) is 19.4. The van der Waals surface area contributed by atoms with Crippen molar-refractivity contribution in [3.8, 4) is 17.0 Å². The summed E-state index contributed by atoms with van der Waals surface area (Å²) in [5.41, 5.74) is 2.32. The third-order valence-electron chi connectivity index (χ3n) is 3.52. The van der Waals surface area contributed by atoms with Crippen LogP contribution in [0.2, 0.25) is 0 Å². The van der Waals surface area contributed by atoms with Gasteiger partial charge in [-0.15, -0.1) is 11.3 Å². The number of amides is 1. The molecule has 0 atom stereocenters. The van der Waals surface area contributed by atoms with E-state index in [-0.39, 0.29) is 11.0 Å². The quantitative estimate of drug-likeness (QED) is 0.327. The first-order chi connectivity index (χ1) is 13.0. The molecular weight excluding hydrogens is 561 g/mol. The van der Waals surface area contributed by atoms with Gasteiger partial charge in [-0.05, 0) is 81.1 Å². The normalized spacial score (nSPS) is 10.3. The number of hydrogen-bond acceptors (Lipinski definition) is 5. The first-order valence-corrected chi connectivity index (χ1v) is 10.8. The first-order valence-electron chi connectivity index (χ1n) is 7.64. The number of methoxy groups -OCH3 is 1. The monoisotopic (exact) mass is 573 g/mol. The van der Waals surface area contributed by atoms with Gasteiger partial charge in [0.1, 0.15) is 5.75 Å². The van der Waals surface area contributed by atoms with Crippen LogP contribution in [-0.2, 0) is 0 Å². The highest BCUT2D eigenvalue weighted by Gasteiger charge is 2.13. The lowest BCUT2D eigenvalue weighted by atomic mass is 10.2. The molecule has 0 spiro atoms. The summed E-state index contributed by atoms with van der Waals surface area (Å²) in [6, 6.07) is 13.1. The standard InChI is InChI=1S/C18H13BrIN3O2S2/c1-25-15-7-6-10(8-12(15)19)14-9-27-18(21-14)23-17(26)22-16(24)11-4-2-3-5-13(11)20/h2-9H,1H3,(H2,21,22,23,24,26). The van der Waals surface area contributed by atoms with Crippen molar-refractivity contribution >= 4 is 78.2 Å². The highest BCUT2D eigenvalue weighted by Crippen LogP contribution is 2.32. The van der Waals surface area contributed by atoms with Crippen molar-refractivity contribution in [2.75, 3.05) is 12.4 Å². The number of halogens is 2. The average molecular weight is 574 g/mol. The Morgan fingerprint density at radius 3 is 2.78 bits per heavy atom. The van der Waals surface area contributed by atoms with Crippen molar-refractivity contribution in [3.05, 3.63) is 61.5 Å². The molecule has 1 aromatic heterocycles. The molecule has 0 fully saturated rings. The van der Waals surface area contributed by atoms with E-state index in [1.807, 2.05) is 41.8 Å². The second-order valence-electron chi connectivity index (χ2n) is 5.28. The number of carbonyl (C=O) groups excluding carboxylic acids is 1. The number of benzene rings is 2. The Hall–Kier alpha value is -1.56. The fourth-order valence-corrected chi connectivity index (χ4v) is 4.38. The van der Waals surface area contributed by atoms with Gasteiger partial charge in [0.15, 0.2) is 10.2 Å². The molecule has 9 heteroatoms. The van der Waals surface area contributed by atoms with E-state index >= 15 is 0 Å². The van der Waals surface area contributed by atoms with Crippen LogP contribution in [0.15, 0.2) is 52.3 Å². The fraction of sp³-hybridized carbons (Fsp3) is 0.0556. The Labute approximate surface area is 187 Å². The van der Waals surface area contributed by atoms with E-state index in [1.54, 1.807) is 13.2 Å². The number of thiazole rings is 1. The molecule has 27 heavy (non-hydrogen) atoms. The lowest BCUT2D eigenvalue weighted by molar-refractivity contribution is 0.0977. The number of nitrogens with zero attached hydrogens (tertiary/aromatic N) is 1. The smallest absolute Gasteiger partial charge is 0.258 e. The number of rotatable bonds is 4. The zero-order valence-electron chi connectivity index (χ0n) is 14.0. The number of hydrogen-bond donors (Lipinski definition) is 2. The molecule has 0 saturated heterocycles. The van der Waals surface area contributed by atoms with Crippen LogP contribution in [0.1, 0.15) is 10.4 Å².